The van der Waals surface area contributed by atoms with E-state index < -0.39 is 0 Å². The normalized spacial score (nSPS) is 10.5. The molecular weight excluding hydrogens is 296 g/mol. The van der Waals surface area contributed by atoms with Gasteiger partial charge in [-0.15, -0.1) is 0 Å². The molecule has 0 fully saturated rings. The maximum Gasteiger partial charge on any atom is 0.254 e. The van der Waals surface area contributed by atoms with Gasteiger partial charge in [-0.3, -0.25) is 14.2 Å². The van der Waals surface area contributed by atoms with Gasteiger partial charge in [0.05, 0.1) is 12.6 Å². The largest absolute Gasteiger partial charge is 0.463 e. The number of hydrogen-bond donors (Lipinski definition) is 1. The molecule has 3 rings (SSSR count). The number of amides is 1. The topological polar surface area (TPSA) is 90.0 Å². The lowest BCUT2D eigenvalue weighted by Gasteiger charge is -2.07. The van der Waals surface area contributed by atoms with E-state index in [0.717, 1.165) is 5.56 Å². The number of furan rings is 1. The number of nitrogens with zero attached hydrogens (tertiary/aromatic N) is 3. The standard InChI is InChI=1S/C16H14N4O3/c1-11-4-5-17-14(7-11)19-15(21)9-20-10-18-12(8-16(20)22)13-3-2-6-23-13/h2-8,10H,9H2,1H3,(H,17,19,21). The summed E-state index contributed by atoms with van der Waals surface area (Å²) in [6, 6.07) is 8.33. The molecule has 1 N–H and O–H groups in total. The van der Waals surface area contributed by atoms with Crippen LogP contribution in [0.3, 0.4) is 0 Å². The van der Waals surface area contributed by atoms with E-state index in [1.165, 1.54) is 23.2 Å². The van der Waals surface area contributed by atoms with Gasteiger partial charge >= 0.3 is 0 Å². The van der Waals surface area contributed by atoms with Crippen LogP contribution in [0.1, 0.15) is 5.56 Å². The summed E-state index contributed by atoms with van der Waals surface area (Å²) in [5, 5.41) is 2.64. The van der Waals surface area contributed by atoms with Crippen LogP contribution in [-0.4, -0.2) is 20.4 Å². The van der Waals surface area contributed by atoms with Gasteiger partial charge in [-0.1, -0.05) is 0 Å². The Balaban J connectivity index is 1.73. The highest BCUT2D eigenvalue weighted by molar-refractivity contribution is 5.89. The van der Waals surface area contributed by atoms with E-state index in [9.17, 15) is 9.59 Å². The molecule has 3 heterocycles. The Morgan fingerprint density at radius 3 is 2.87 bits per heavy atom. The summed E-state index contributed by atoms with van der Waals surface area (Å²) in [6.45, 7) is 1.76. The van der Waals surface area contributed by atoms with E-state index in [2.05, 4.69) is 15.3 Å². The van der Waals surface area contributed by atoms with Crippen molar-refractivity contribution < 1.29 is 9.21 Å². The molecule has 0 atom stereocenters. The number of nitrogens with one attached hydrogen (secondary N) is 1. The molecule has 0 saturated carbocycles. The maximum atomic E-state index is 12.1. The van der Waals surface area contributed by atoms with Crippen molar-refractivity contribution in [3.63, 3.8) is 0 Å². The molecule has 0 unspecified atom stereocenters. The molecule has 0 aliphatic heterocycles. The van der Waals surface area contributed by atoms with Crippen LogP contribution >= 0.6 is 0 Å². The third-order valence-electron chi connectivity index (χ3n) is 3.15. The second-order valence-corrected chi connectivity index (χ2v) is 4.98. The smallest absolute Gasteiger partial charge is 0.254 e. The minimum atomic E-state index is -0.349. The third kappa shape index (κ3) is 3.52. The van der Waals surface area contributed by atoms with Crippen molar-refractivity contribution in [2.45, 2.75) is 13.5 Å². The first-order chi connectivity index (χ1) is 11.1. The summed E-state index contributed by atoms with van der Waals surface area (Å²) in [7, 11) is 0. The first-order valence-corrected chi connectivity index (χ1v) is 6.95. The van der Waals surface area contributed by atoms with Crippen molar-refractivity contribution in [2.24, 2.45) is 0 Å². The summed E-state index contributed by atoms with van der Waals surface area (Å²) < 4.78 is 6.41. The van der Waals surface area contributed by atoms with Crippen molar-refractivity contribution >= 4 is 11.7 Å². The summed E-state index contributed by atoms with van der Waals surface area (Å²) in [6.07, 6.45) is 4.44. The number of carbonyl (C=O) groups is 1. The number of anilines is 1. The zero-order chi connectivity index (χ0) is 16.2. The number of rotatable bonds is 4. The molecule has 1 amide bonds. The van der Waals surface area contributed by atoms with Crippen LogP contribution in [0.25, 0.3) is 11.5 Å². The fourth-order valence-corrected chi connectivity index (χ4v) is 2.05. The van der Waals surface area contributed by atoms with Crippen molar-refractivity contribution in [3.8, 4) is 11.5 Å². The second kappa shape index (κ2) is 6.27. The van der Waals surface area contributed by atoms with Gasteiger partial charge in [-0.2, -0.15) is 0 Å². The summed E-state index contributed by atoms with van der Waals surface area (Å²) in [5.41, 5.74) is 1.08. The molecule has 116 valence electrons. The fourth-order valence-electron chi connectivity index (χ4n) is 2.05. The molecule has 3 aromatic rings. The predicted octanol–water partition coefficient (Wildman–Crippen LogP) is 1.85. The quantitative estimate of drug-likeness (QED) is 0.794. The molecule has 3 aromatic heterocycles. The minimum absolute atomic E-state index is 0.139. The van der Waals surface area contributed by atoms with Crippen molar-refractivity contribution in [1.29, 1.82) is 0 Å². The van der Waals surface area contributed by atoms with Gasteiger partial charge in [0.25, 0.3) is 5.56 Å². The number of carbonyl (C=O) groups excluding carboxylic acids is 1. The van der Waals surface area contributed by atoms with Gasteiger partial charge in [0, 0.05) is 12.3 Å². The minimum Gasteiger partial charge on any atom is -0.463 e. The summed E-state index contributed by atoms with van der Waals surface area (Å²) in [4.78, 5) is 32.2. The highest BCUT2D eigenvalue weighted by atomic mass is 16.3. The zero-order valence-corrected chi connectivity index (χ0v) is 12.4. The SMILES string of the molecule is Cc1ccnc(NC(=O)Cn2cnc(-c3ccco3)cc2=O)c1. The number of pyridine rings is 1. The van der Waals surface area contributed by atoms with Crippen LogP contribution < -0.4 is 10.9 Å². The van der Waals surface area contributed by atoms with Crippen LogP contribution in [0.15, 0.2) is 58.3 Å². The molecule has 0 aliphatic carbocycles. The molecule has 7 heteroatoms. The van der Waals surface area contributed by atoms with Crippen LogP contribution in [0, 0.1) is 6.92 Å². The van der Waals surface area contributed by atoms with Gasteiger partial charge < -0.3 is 9.73 Å². The van der Waals surface area contributed by atoms with Crippen LogP contribution in [0.2, 0.25) is 0 Å². The van der Waals surface area contributed by atoms with Gasteiger partial charge in [0.1, 0.15) is 18.1 Å². The Kier molecular flexibility index (Phi) is 4.01. The van der Waals surface area contributed by atoms with Gasteiger partial charge in [-0.05, 0) is 36.8 Å². The molecule has 0 saturated heterocycles. The van der Waals surface area contributed by atoms with E-state index in [4.69, 9.17) is 4.42 Å². The van der Waals surface area contributed by atoms with Gasteiger partial charge in [-0.25, -0.2) is 9.97 Å². The number of aromatic nitrogens is 3. The zero-order valence-electron chi connectivity index (χ0n) is 12.4. The van der Waals surface area contributed by atoms with E-state index in [0.29, 0.717) is 17.3 Å². The first kappa shape index (κ1) is 14.7. The molecule has 0 spiro atoms. The van der Waals surface area contributed by atoms with Crippen molar-refractivity contribution in [1.82, 2.24) is 14.5 Å². The van der Waals surface area contributed by atoms with Crippen LogP contribution in [0.4, 0.5) is 5.82 Å². The lowest BCUT2D eigenvalue weighted by atomic mass is 10.3. The average Bonchev–Trinajstić information content (AvgIpc) is 3.03. The number of aryl methyl sites for hydroxylation is 1. The average molecular weight is 310 g/mol. The third-order valence-corrected chi connectivity index (χ3v) is 3.15. The van der Waals surface area contributed by atoms with E-state index >= 15 is 0 Å². The highest BCUT2D eigenvalue weighted by Crippen LogP contribution is 2.14. The monoisotopic (exact) mass is 310 g/mol. The molecule has 7 nitrogen and oxygen atoms in total. The van der Waals surface area contributed by atoms with E-state index in [1.807, 2.05) is 13.0 Å². The second-order valence-electron chi connectivity index (χ2n) is 4.98. The lowest BCUT2D eigenvalue weighted by Crippen LogP contribution is -2.27. The Bertz CT molecular complexity index is 884. The molecule has 23 heavy (non-hydrogen) atoms. The Morgan fingerprint density at radius 2 is 2.17 bits per heavy atom. The molecule has 0 bridgehead atoms. The molecular formula is C16H14N4O3. The number of hydrogen-bond acceptors (Lipinski definition) is 5. The predicted molar refractivity (Wildman–Crippen MR) is 83.8 cm³/mol. The summed E-state index contributed by atoms with van der Waals surface area (Å²) in [5.74, 6) is 0.601. The Morgan fingerprint density at radius 1 is 1.30 bits per heavy atom. The Hall–Kier alpha value is -3.22. The van der Waals surface area contributed by atoms with Crippen molar-refractivity contribution in [2.75, 3.05) is 5.32 Å². The van der Waals surface area contributed by atoms with Crippen LogP contribution in [0.5, 0.6) is 0 Å². The van der Waals surface area contributed by atoms with E-state index in [-0.39, 0.29) is 18.0 Å². The lowest BCUT2D eigenvalue weighted by molar-refractivity contribution is -0.116. The molecule has 0 radical (unpaired) electrons. The van der Waals surface area contributed by atoms with Crippen molar-refractivity contribution in [3.05, 3.63) is 65.0 Å². The van der Waals surface area contributed by atoms with Crippen LogP contribution in [-0.2, 0) is 11.3 Å². The maximum absolute atomic E-state index is 12.1. The molecule has 0 aliphatic rings. The highest BCUT2D eigenvalue weighted by Gasteiger charge is 2.09. The molecule has 0 aromatic carbocycles. The Labute approximate surface area is 131 Å². The van der Waals surface area contributed by atoms with E-state index in [1.54, 1.807) is 24.4 Å². The fraction of sp³-hybridized carbons (Fsp3) is 0.125. The van der Waals surface area contributed by atoms with Gasteiger partial charge in [0.2, 0.25) is 5.91 Å². The first-order valence-electron chi connectivity index (χ1n) is 6.95. The van der Waals surface area contributed by atoms with Gasteiger partial charge in [0.15, 0.2) is 5.76 Å². The summed E-state index contributed by atoms with van der Waals surface area (Å²) >= 11 is 0.